The molecular formula is C15H13N7O2S. The van der Waals surface area contributed by atoms with Crippen molar-refractivity contribution in [3.63, 3.8) is 0 Å². The summed E-state index contributed by atoms with van der Waals surface area (Å²) in [5.74, 6) is 0.539. The Morgan fingerprint density at radius 1 is 1.20 bits per heavy atom. The van der Waals surface area contributed by atoms with Gasteiger partial charge in [-0.25, -0.2) is 18.1 Å². The van der Waals surface area contributed by atoms with Crippen molar-refractivity contribution in [1.29, 1.82) is 0 Å². The minimum atomic E-state index is -3.77. The molecule has 0 fully saturated rings. The summed E-state index contributed by atoms with van der Waals surface area (Å²) < 4.78 is 29.6. The lowest BCUT2D eigenvalue weighted by molar-refractivity contribution is 0.602. The Bertz CT molecular complexity index is 1160. The first-order valence-electron chi connectivity index (χ1n) is 7.32. The number of H-pyrrole nitrogens is 1. The molecule has 25 heavy (non-hydrogen) atoms. The topological polar surface area (TPSA) is 118 Å². The summed E-state index contributed by atoms with van der Waals surface area (Å²) in [7, 11) is -2.06. The maximum atomic E-state index is 12.7. The molecule has 2 N–H and O–H groups in total. The SMILES string of the molecule is Cn1nnnc1-c1cccc(NS(=O)(=O)c2c[nH]c3ncccc23)c1. The second-order valence-electron chi connectivity index (χ2n) is 5.36. The molecule has 3 aromatic heterocycles. The third kappa shape index (κ3) is 2.72. The van der Waals surface area contributed by atoms with Crippen LogP contribution in [-0.2, 0) is 17.1 Å². The Hall–Kier alpha value is -3.27. The third-order valence-electron chi connectivity index (χ3n) is 3.70. The zero-order chi connectivity index (χ0) is 17.4. The van der Waals surface area contributed by atoms with Gasteiger partial charge in [0, 0.05) is 36.1 Å². The largest absolute Gasteiger partial charge is 0.345 e. The van der Waals surface area contributed by atoms with E-state index in [9.17, 15) is 8.42 Å². The van der Waals surface area contributed by atoms with Gasteiger partial charge in [-0.3, -0.25) is 4.72 Å². The summed E-state index contributed by atoms with van der Waals surface area (Å²) in [4.78, 5) is 7.11. The number of benzene rings is 1. The molecule has 0 amide bonds. The van der Waals surface area contributed by atoms with Crippen LogP contribution in [0.5, 0.6) is 0 Å². The maximum Gasteiger partial charge on any atom is 0.264 e. The molecule has 0 aliphatic heterocycles. The molecule has 0 saturated carbocycles. The van der Waals surface area contributed by atoms with Crippen LogP contribution in [0.3, 0.4) is 0 Å². The molecular weight excluding hydrogens is 342 g/mol. The average molecular weight is 355 g/mol. The van der Waals surface area contributed by atoms with E-state index in [0.29, 0.717) is 28.1 Å². The molecule has 0 bridgehead atoms. The fourth-order valence-electron chi connectivity index (χ4n) is 2.56. The van der Waals surface area contributed by atoms with E-state index >= 15 is 0 Å². The van der Waals surface area contributed by atoms with Gasteiger partial charge >= 0.3 is 0 Å². The number of aryl methyl sites for hydroxylation is 1. The number of fused-ring (bicyclic) bond motifs is 1. The molecule has 3 heterocycles. The minimum Gasteiger partial charge on any atom is -0.345 e. The van der Waals surface area contributed by atoms with Gasteiger partial charge in [-0.2, -0.15) is 0 Å². The summed E-state index contributed by atoms with van der Waals surface area (Å²) in [5, 5.41) is 11.8. The van der Waals surface area contributed by atoms with Crippen molar-refractivity contribution >= 4 is 26.7 Å². The van der Waals surface area contributed by atoms with Crippen molar-refractivity contribution in [3.8, 4) is 11.4 Å². The highest BCUT2D eigenvalue weighted by Gasteiger charge is 2.20. The van der Waals surface area contributed by atoms with Crippen molar-refractivity contribution in [2.45, 2.75) is 4.90 Å². The lowest BCUT2D eigenvalue weighted by atomic mass is 10.2. The molecule has 9 nitrogen and oxygen atoms in total. The number of hydrogen-bond donors (Lipinski definition) is 2. The fraction of sp³-hybridized carbons (Fsp3) is 0.0667. The number of tetrazole rings is 1. The van der Waals surface area contributed by atoms with E-state index in [4.69, 9.17) is 0 Å². The van der Waals surface area contributed by atoms with Crippen LogP contribution in [0.2, 0.25) is 0 Å². The number of sulfonamides is 1. The van der Waals surface area contributed by atoms with E-state index in [1.165, 1.54) is 10.9 Å². The molecule has 0 saturated heterocycles. The van der Waals surface area contributed by atoms with Crippen molar-refractivity contribution < 1.29 is 8.42 Å². The van der Waals surface area contributed by atoms with Gasteiger partial charge < -0.3 is 4.98 Å². The van der Waals surface area contributed by atoms with Crippen molar-refractivity contribution in [3.05, 3.63) is 48.8 Å². The van der Waals surface area contributed by atoms with E-state index in [1.807, 2.05) is 0 Å². The van der Waals surface area contributed by atoms with Crippen LogP contribution >= 0.6 is 0 Å². The van der Waals surface area contributed by atoms with Crippen LogP contribution in [0.4, 0.5) is 5.69 Å². The van der Waals surface area contributed by atoms with Crippen molar-refractivity contribution in [2.75, 3.05) is 4.72 Å². The summed E-state index contributed by atoms with van der Waals surface area (Å²) in [5.41, 5.74) is 1.63. The lowest BCUT2D eigenvalue weighted by Gasteiger charge is -2.08. The Morgan fingerprint density at radius 3 is 2.88 bits per heavy atom. The monoisotopic (exact) mass is 355 g/mol. The van der Waals surface area contributed by atoms with Gasteiger partial charge in [0.25, 0.3) is 10.0 Å². The summed E-state index contributed by atoms with van der Waals surface area (Å²) in [6.07, 6.45) is 3.03. The number of aromatic nitrogens is 6. The number of nitrogens with zero attached hydrogens (tertiary/aromatic N) is 5. The number of pyridine rings is 1. The van der Waals surface area contributed by atoms with Gasteiger partial charge in [-0.15, -0.1) is 5.10 Å². The average Bonchev–Trinajstić information content (AvgIpc) is 3.21. The van der Waals surface area contributed by atoms with Crippen LogP contribution in [0, 0.1) is 0 Å². The Labute approximate surface area is 142 Å². The van der Waals surface area contributed by atoms with Gasteiger partial charge in [0.15, 0.2) is 5.82 Å². The number of nitrogens with one attached hydrogen (secondary N) is 2. The molecule has 4 rings (SSSR count). The lowest BCUT2D eigenvalue weighted by Crippen LogP contribution is -2.12. The van der Waals surface area contributed by atoms with E-state index in [1.54, 1.807) is 49.6 Å². The quantitative estimate of drug-likeness (QED) is 0.573. The molecule has 0 aliphatic carbocycles. The standard InChI is InChI=1S/C15H13N7O2S/c1-22-15(18-20-21-22)10-4-2-5-11(8-10)19-25(23,24)13-9-17-14-12(13)6-3-7-16-14/h2-9,19H,1H3,(H,16,17). The van der Waals surface area contributed by atoms with E-state index < -0.39 is 10.0 Å². The molecule has 126 valence electrons. The first-order chi connectivity index (χ1) is 12.0. The number of aromatic amines is 1. The molecule has 0 spiro atoms. The molecule has 0 unspecified atom stereocenters. The molecule has 0 atom stereocenters. The van der Waals surface area contributed by atoms with Gasteiger partial charge in [-0.1, -0.05) is 12.1 Å². The molecule has 4 aromatic rings. The smallest absolute Gasteiger partial charge is 0.264 e. The highest BCUT2D eigenvalue weighted by Crippen LogP contribution is 2.25. The molecule has 0 aliphatic rings. The maximum absolute atomic E-state index is 12.7. The van der Waals surface area contributed by atoms with Crippen LogP contribution in [-0.4, -0.2) is 38.6 Å². The highest BCUT2D eigenvalue weighted by atomic mass is 32.2. The highest BCUT2D eigenvalue weighted by molar-refractivity contribution is 7.93. The van der Waals surface area contributed by atoms with Crippen LogP contribution in [0.1, 0.15) is 0 Å². The normalized spacial score (nSPS) is 11.7. The summed E-state index contributed by atoms with van der Waals surface area (Å²) in [6.45, 7) is 0. The van der Waals surface area contributed by atoms with Crippen LogP contribution in [0.25, 0.3) is 22.4 Å². The zero-order valence-electron chi connectivity index (χ0n) is 13.1. The third-order valence-corrected chi connectivity index (χ3v) is 5.12. The van der Waals surface area contributed by atoms with Gasteiger partial charge in [-0.05, 0) is 34.7 Å². The Balaban J connectivity index is 1.71. The van der Waals surface area contributed by atoms with Crippen molar-refractivity contribution in [2.24, 2.45) is 7.05 Å². The number of anilines is 1. The van der Waals surface area contributed by atoms with E-state index in [2.05, 4.69) is 30.2 Å². The number of rotatable bonds is 4. The fourth-order valence-corrected chi connectivity index (χ4v) is 3.77. The van der Waals surface area contributed by atoms with Crippen LogP contribution < -0.4 is 4.72 Å². The molecule has 0 radical (unpaired) electrons. The second kappa shape index (κ2) is 5.67. The Morgan fingerprint density at radius 2 is 2.08 bits per heavy atom. The van der Waals surface area contributed by atoms with Crippen LogP contribution in [0.15, 0.2) is 53.7 Å². The van der Waals surface area contributed by atoms with Gasteiger partial charge in [0.2, 0.25) is 0 Å². The Kier molecular flexibility index (Phi) is 3.46. The number of hydrogen-bond acceptors (Lipinski definition) is 6. The predicted molar refractivity (Wildman–Crippen MR) is 91.1 cm³/mol. The predicted octanol–water partition coefficient (Wildman–Crippen LogP) is 1.55. The minimum absolute atomic E-state index is 0.140. The summed E-state index contributed by atoms with van der Waals surface area (Å²) >= 11 is 0. The first kappa shape index (κ1) is 15.3. The van der Waals surface area contributed by atoms with Gasteiger partial charge in [0.05, 0.1) is 0 Å². The summed E-state index contributed by atoms with van der Waals surface area (Å²) in [6, 6.07) is 10.3. The second-order valence-corrected chi connectivity index (χ2v) is 7.02. The van der Waals surface area contributed by atoms with E-state index in [-0.39, 0.29) is 4.90 Å². The first-order valence-corrected chi connectivity index (χ1v) is 8.81. The molecule has 10 heteroatoms. The zero-order valence-corrected chi connectivity index (χ0v) is 13.9. The van der Waals surface area contributed by atoms with Crippen molar-refractivity contribution in [1.82, 2.24) is 30.2 Å². The van der Waals surface area contributed by atoms with Gasteiger partial charge in [0.1, 0.15) is 10.5 Å². The molecule has 1 aromatic carbocycles. The van der Waals surface area contributed by atoms with E-state index in [0.717, 1.165) is 0 Å².